The van der Waals surface area contributed by atoms with Crippen LogP contribution in [0.3, 0.4) is 0 Å². The van der Waals surface area contributed by atoms with Gasteiger partial charge in [-0.05, 0) is 46.3 Å². The molecule has 0 aliphatic carbocycles. The van der Waals surface area contributed by atoms with Crippen molar-refractivity contribution in [1.29, 1.82) is 0 Å². The third kappa shape index (κ3) is 3.30. The minimum atomic E-state index is -0.671. The van der Waals surface area contributed by atoms with Crippen molar-refractivity contribution in [3.63, 3.8) is 0 Å². The third-order valence-corrected chi connectivity index (χ3v) is 3.35. The van der Waals surface area contributed by atoms with Crippen LogP contribution in [0.1, 0.15) is 10.4 Å². The summed E-state index contributed by atoms with van der Waals surface area (Å²) in [5.41, 5.74) is 6.08. The second-order valence-electron chi connectivity index (χ2n) is 4.16. The van der Waals surface area contributed by atoms with Crippen molar-refractivity contribution in [3.05, 3.63) is 52.0 Å². The second-order valence-corrected chi connectivity index (χ2v) is 5.02. The molecule has 0 radical (unpaired) electrons. The van der Waals surface area contributed by atoms with Gasteiger partial charge in [-0.3, -0.25) is 0 Å². The van der Waals surface area contributed by atoms with Crippen molar-refractivity contribution in [2.75, 3.05) is 18.2 Å². The molecule has 4 nitrogen and oxygen atoms in total. The Morgan fingerprint density at radius 2 is 1.95 bits per heavy atom. The van der Waals surface area contributed by atoms with Crippen LogP contribution in [-0.4, -0.2) is 13.1 Å². The number of anilines is 3. The minimum absolute atomic E-state index is 0.0230. The standard InChI is InChI=1S/C14H11BrF2N2O2/c1-21-14(20)8-5-13(11(17)6-12(8)18)19-7-2-3-10(16)9(15)4-7/h2-6,19H,18H2,1H3. The van der Waals surface area contributed by atoms with Gasteiger partial charge in [0, 0.05) is 11.4 Å². The van der Waals surface area contributed by atoms with E-state index in [0.717, 1.165) is 6.07 Å². The highest BCUT2D eigenvalue weighted by atomic mass is 79.9. The molecular formula is C14H11BrF2N2O2. The summed E-state index contributed by atoms with van der Waals surface area (Å²) < 4.78 is 31.8. The van der Waals surface area contributed by atoms with Crippen LogP contribution < -0.4 is 11.1 Å². The van der Waals surface area contributed by atoms with E-state index in [1.165, 1.54) is 31.4 Å². The minimum Gasteiger partial charge on any atom is -0.465 e. The van der Waals surface area contributed by atoms with E-state index in [0.29, 0.717) is 5.69 Å². The molecule has 110 valence electrons. The number of halogens is 3. The largest absolute Gasteiger partial charge is 0.465 e. The van der Waals surface area contributed by atoms with Gasteiger partial charge < -0.3 is 15.8 Å². The topological polar surface area (TPSA) is 64.3 Å². The first-order valence-electron chi connectivity index (χ1n) is 5.81. The van der Waals surface area contributed by atoms with E-state index >= 15 is 0 Å². The number of ether oxygens (including phenoxy) is 1. The highest BCUT2D eigenvalue weighted by Crippen LogP contribution is 2.28. The normalized spacial score (nSPS) is 10.3. The Balaban J connectivity index is 2.39. The molecule has 0 fully saturated rings. The van der Waals surface area contributed by atoms with E-state index in [-0.39, 0.29) is 21.4 Å². The number of carbonyl (C=O) groups excluding carboxylic acids is 1. The Morgan fingerprint density at radius 1 is 1.24 bits per heavy atom. The quantitative estimate of drug-likeness (QED) is 0.647. The molecule has 21 heavy (non-hydrogen) atoms. The van der Waals surface area contributed by atoms with E-state index in [1.807, 2.05) is 0 Å². The maximum Gasteiger partial charge on any atom is 0.340 e. The number of esters is 1. The number of rotatable bonds is 3. The van der Waals surface area contributed by atoms with Crippen molar-refractivity contribution in [2.24, 2.45) is 0 Å². The summed E-state index contributed by atoms with van der Waals surface area (Å²) in [6, 6.07) is 6.38. The van der Waals surface area contributed by atoms with Crippen molar-refractivity contribution < 1.29 is 18.3 Å². The molecule has 3 N–H and O–H groups in total. The van der Waals surface area contributed by atoms with Crippen LogP contribution in [0.15, 0.2) is 34.8 Å². The van der Waals surface area contributed by atoms with E-state index in [9.17, 15) is 13.6 Å². The Kier molecular flexibility index (Phi) is 4.42. The summed E-state index contributed by atoms with van der Waals surface area (Å²) in [4.78, 5) is 11.5. The fourth-order valence-electron chi connectivity index (χ4n) is 1.70. The Bertz CT molecular complexity index is 708. The molecule has 0 saturated heterocycles. The molecule has 2 aromatic rings. The summed E-state index contributed by atoms with van der Waals surface area (Å²) in [5, 5.41) is 2.75. The molecule has 0 aliphatic rings. The lowest BCUT2D eigenvalue weighted by Gasteiger charge is -2.11. The van der Waals surface area contributed by atoms with Gasteiger partial charge in [0.1, 0.15) is 11.6 Å². The Labute approximate surface area is 128 Å². The average molecular weight is 357 g/mol. The zero-order chi connectivity index (χ0) is 15.6. The van der Waals surface area contributed by atoms with Crippen LogP contribution in [0.25, 0.3) is 0 Å². The van der Waals surface area contributed by atoms with Crippen LogP contribution in [0.4, 0.5) is 25.8 Å². The van der Waals surface area contributed by atoms with E-state index < -0.39 is 17.6 Å². The van der Waals surface area contributed by atoms with Gasteiger partial charge in [0.05, 0.1) is 22.8 Å². The number of nitrogens with one attached hydrogen (secondary N) is 1. The number of hydrogen-bond donors (Lipinski definition) is 2. The summed E-state index contributed by atoms with van der Waals surface area (Å²) in [6.45, 7) is 0. The maximum atomic E-state index is 13.9. The number of nitrogen functional groups attached to an aromatic ring is 1. The van der Waals surface area contributed by atoms with Gasteiger partial charge in [-0.2, -0.15) is 0 Å². The maximum absolute atomic E-state index is 13.9. The first kappa shape index (κ1) is 15.2. The van der Waals surface area contributed by atoms with Gasteiger partial charge in [-0.25, -0.2) is 13.6 Å². The second kappa shape index (κ2) is 6.09. The highest BCUT2D eigenvalue weighted by Gasteiger charge is 2.15. The fourth-order valence-corrected chi connectivity index (χ4v) is 2.08. The molecular weight excluding hydrogens is 346 g/mol. The van der Waals surface area contributed by atoms with Gasteiger partial charge in [0.15, 0.2) is 0 Å². The zero-order valence-corrected chi connectivity index (χ0v) is 12.5. The molecule has 0 spiro atoms. The molecule has 0 heterocycles. The first-order chi connectivity index (χ1) is 9.92. The molecule has 0 atom stereocenters. The fraction of sp³-hybridized carbons (Fsp3) is 0.0714. The lowest BCUT2D eigenvalue weighted by Crippen LogP contribution is -2.07. The summed E-state index contributed by atoms with van der Waals surface area (Å²) in [5.74, 6) is -1.75. The van der Waals surface area contributed by atoms with Crippen LogP contribution in [-0.2, 0) is 4.74 Å². The van der Waals surface area contributed by atoms with Crippen molar-refractivity contribution >= 4 is 39.0 Å². The van der Waals surface area contributed by atoms with Crippen molar-refractivity contribution in [2.45, 2.75) is 0 Å². The molecule has 0 aromatic heterocycles. The average Bonchev–Trinajstić information content (AvgIpc) is 2.45. The Morgan fingerprint density at radius 3 is 2.57 bits per heavy atom. The molecule has 2 aromatic carbocycles. The third-order valence-electron chi connectivity index (χ3n) is 2.74. The summed E-state index contributed by atoms with van der Waals surface area (Å²) in [6.07, 6.45) is 0. The van der Waals surface area contributed by atoms with Crippen LogP contribution in [0.5, 0.6) is 0 Å². The predicted octanol–water partition coefficient (Wildman–Crippen LogP) is 3.84. The number of carbonyl (C=O) groups is 1. The van der Waals surface area contributed by atoms with Crippen LogP contribution in [0.2, 0.25) is 0 Å². The van der Waals surface area contributed by atoms with E-state index in [4.69, 9.17) is 5.73 Å². The molecule has 2 rings (SSSR count). The molecule has 0 unspecified atom stereocenters. The SMILES string of the molecule is COC(=O)c1cc(Nc2ccc(F)c(Br)c2)c(F)cc1N. The molecule has 0 amide bonds. The van der Waals surface area contributed by atoms with Gasteiger partial charge in [0.25, 0.3) is 0 Å². The highest BCUT2D eigenvalue weighted by molar-refractivity contribution is 9.10. The Hall–Kier alpha value is -2.15. The van der Waals surface area contributed by atoms with Gasteiger partial charge in [-0.1, -0.05) is 0 Å². The van der Waals surface area contributed by atoms with Gasteiger partial charge >= 0.3 is 5.97 Å². The number of hydrogen-bond acceptors (Lipinski definition) is 4. The molecule has 0 saturated carbocycles. The van der Waals surface area contributed by atoms with E-state index in [1.54, 1.807) is 0 Å². The number of nitrogens with two attached hydrogens (primary N) is 1. The lowest BCUT2D eigenvalue weighted by atomic mass is 10.1. The van der Waals surface area contributed by atoms with Gasteiger partial charge in [0.2, 0.25) is 0 Å². The monoisotopic (exact) mass is 356 g/mol. The number of methoxy groups -OCH3 is 1. The molecule has 7 heteroatoms. The summed E-state index contributed by atoms with van der Waals surface area (Å²) >= 11 is 3.04. The zero-order valence-electron chi connectivity index (χ0n) is 10.9. The predicted molar refractivity (Wildman–Crippen MR) is 79.5 cm³/mol. The summed E-state index contributed by atoms with van der Waals surface area (Å²) in [7, 11) is 1.20. The van der Waals surface area contributed by atoms with Crippen molar-refractivity contribution in [3.8, 4) is 0 Å². The van der Waals surface area contributed by atoms with Crippen LogP contribution >= 0.6 is 15.9 Å². The van der Waals surface area contributed by atoms with Crippen LogP contribution in [0, 0.1) is 11.6 Å². The van der Waals surface area contributed by atoms with E-state index in [2.05, 4.69) is 26.0 Å². The van der Waals surface area contributed by atoms with Gasteiger partial charge in [-0.15, -0.1) is 0 Å². The first-order valence-corrected chi connectivity index (χ1v) is 6.61. The number of benzene rings is 2. The smallest absolute Gasteiger partial charge is 0.340 e. The lowest BCUT2D eigenvalue weighted by molar-refractivity contribution is 0.0602. The van der Waals surface area contributed by atoms with Crippen molar-refractivity contribution in [1.82, 2.24) is 0 Å². The molecule has 0 bridgehead atoms. The molecule has 0 aliphatic heterocycles.